The van der Waals surface area contributed by atoms with Crippen molar-refractivity contribution in [1.29, 1.82) is 0 Å². The fraction of sp³-hybridized carbons (Fsp3) is 0.348. The van der Waals surface area contributed by atoms with E-state index in [0.29, 0.717) is 13.1 Å². The zero-order valence-corrected chi connectivity index (χ0v) is 17.1. The van der Waals surface area contributed by atoms with Crippen LogP contribution in [0.2, 0.25) is 0 Å². The lowest BCUT2D eigenvalue weighted by molar-refractivity contribution is 0.186. The van der Waals surface area contributed by atoms with E-state index >= 15 is 0 Å². The number of rotatable bonds is 7. The van der Waals surface area contributed by atoms with Crippen molar-refractivity contribution in [2.45, 2.75) is 38.5 Å². The Labute approximate surface area is 177 Å². The second kappa shape index (κ2) is 10.0. The van der Waals surface area contributed by atoms with E-state index in [1.165, 1.54) is 11.9 Å². The summed E-state index contributed by atoms with van der Waals surface area (Å²) in [5.41, 5.74) is 3.56. The molecule has 2 heterocycles. The molecule has 0 spiro atoms. The van der Waals surface area contributed by atoms with Crippen LogP contribution in [0, 0.1) is 0 Å². The summed E-state index contributed by atoms with van der Waals surface area (Å²) in [6.45, 7) is 4.20. The van der Waals surface area contributed by atoms with E-state index in [9.17, 15) is 4.79 Å². The van der Waals surface area contributed by atoms with Crippen LogP contribution in [0.4, 0.5) is 4.79 Å². The van der Waals surface area contributed by atoms with Gasteiger partial charge in [-0.3, -0.25) is 4.90 Å². The van der Waals surface area contributed by atoms with Gasteiger partial charge >= 0.3 is 6.03 Å². The van der Waals surface area contributed by atoms with Crippen molar-refractivity contribution in [2.75, 3.05) is 13.1 Å². The van der Waals surface area contributed by atoms with Crippen molar-refractivity contribution < 1.29 is 4.79 Å². The van der Waals surface area contributed by atoms with Crippen LogP contribution in [0.3, 0.4) is 0 Å². The molecule has 0 aliphatic carbocycles. The van der Waals surface area contributed by atoms with E-state index in [1.807, 2.05) is 18.2 Å². The SMILES string of the molecule is O=C(NCc1ccc(Cn2cncn2)cc1)NC1CCN(Cc2ccccc2)CC1. The molecule has 0 atom stereocenters. The van der Waals surface area contributed by atoms with Gasteiger partial charge in [0.15, 0.2) is 0 Å². The molecule has 2 amide bonds. The minimum atomic E-state index is -0.0943. The van der Waals surface area contributed by atoms with E-state index in [2.05, 4.69) is 62.0 Å². The summed E-state index contributed by atoms with van der Waals surface area (Å²) in [7, 11) is 0. The first-order chi connectivity index (χ1) is 14.7. The van der Waals surface area contributed by atoms with Crippen molar-refractivity contribution >= 4 is 6.03 Å². The van der Waals surface area contributed by atoms with E-state index in [1.54, 1.807) is 11.0 Å². The van der Waals surface area contributed by atoms with Gasteiger partial charge in [0.25, 0.3) is 0 Å². The van der Waals surface area contributed by atoms with E-state index in [4.69, 9.17) is 0 Å². The standard InChI is InChI=1S/C23H28N6O/c30-23(25-14-19-6-8-21(9-7-19)16-29-18-24-17-26-29)27-22-10-12-28(13-11-22)15-20-4-2-1-3-5-20/h1-9,17-18,22H,10-16H2,(H2,25,27,30). The third kappa shape index (κ3) is 5.90. The molecule has 2 N–H and O–H groups in total. The van der Waals surface area contributed by atoms with Gasteiger partial charge in [0.2, 0.25) is 0 Å². The third-order valence-corrected chi connectivity index (χ3v) is 5.46. The largest absolute Gasteiger partial charge is 0.335 e. The van der Waals surface area contributed by atoms with Crippen LogP contribution in [0.25, 0.3) is 0 Å². The number of carbonyl (C=O) groups is 1. The Morgan fingerprint density at radius 1 is 0.933 bits per heavy atom. The number of hydrogen-bond acceptors (Lipinski definition) is 4. The van der Waals surface area contributed by atoms with Gasteiger partial charge in [-0.15, -0.1) is 0 Å². The maximum absolute atomic E-state index is 12.3. The maximum Gasteiger partial charge on any atom is 0.315 e. The van der Waals surface area contributed by atoms with Crippen molar-refractivity contribution in [2.24, 2.45) is 0 Å². The average Bonchev–Trinajstić information content (AvgIpc) is 3.28. The predicted molar refractivity (Wildman–Crippen MR) is 116 cm³/mol. The monoisotopic (exact) mass is 404 g/mol. The summed E-state index contributed by atoms with van der Waals surface area (Å²) in [6.07, 6.45) is 5.20. The molecule has 1 fully saturated rings. The maximum atomic E-state index is 12.3. The summed E-state index contributed by atoms with van der Waals surface area (Å²) in [4.78, 5) is 18.7. The quantitative estimate of drug-likeness (QED) is 0.635. The third-order valence-electron chi connectivity index (χ3n) is 5.46. The first-order valence-corrected chi connectivity index (χ1v) is 10.5. The number of nitrogens with one attached hydrogen (secondary N) is 2. The second-order valence-electron chi connectivity index (χ2n) is 7.77. The molecule has 156 valence electrons. The van der Waals surface area contributed by atoms with Crippen LogP contribution in [-0.4, -0.2) is 44.8 Å². The van der Waals surface area contributed by atoms with Crippen LogP contribution >= 0.6 is 0 Å². The summed E-state index contributed by atoms with van der Waals surface area (Å²) in [6, 6.07) is 18.9. The molecule has 0 unspecified atom stereocenters. The van der Waals surface area contributed by atoms with E-state index < -0.39 is 0 Å². The van der Waals surface area contributed by atoms with Crippen LogP contribution in [-0.2, 0) is 19.6 Å². The molecule has 2 aromatic carbocycles. The van der Waals surface area contributed by atoms with Crippen molar-refractivity contribution in [1.82, 2.24) is 30.3 Å². The molecule has 7 nitrogen and oxygen atoms in total. The zero-order valence-electron chi connectivity index (χ0n) is 17.1. The van der Waals surface area contributed by atoms with Crippen LogP contribution in [0.15, 0.2) is 67.3 Å². The number of likely N-dealkylation sites (tertiary alicyclic amines) is 1. The Kier molecular flexibility index (Phi) is 6.72. The number of hydrogen-bond donors (Lipinski definition) is 2. The number of amides is 2. The van der Waals surface area contributed by atoms with Crippen LogP contribution < -0.4 is 10.6 Å². The summed E-state index contributed by atoms with van der Waals surface area (Å²) < 4.78 is 1.78. The van der Waals surface area contributed by atoms with Gasteiger partial charge in [0.1, 0.15) is 12.7 Å². The molecule has 7 heteroatoms. The van der Waals surface area contributed by atoms with Crippen molar-refractivity contribution in [3.63, 3.8) is 0 Å². The molecule has 3 aromatic rings. The minimum Gasteiger partial charge on any atom is -0.335 e. The fourth-order valence-corrected chi connectivity index (χ4v) is 3.76. The first-order valence-electron chi connectivity index (χ1n) is 10.5. The Hall–Kier alpha value is -3.19. The number of aromatic nitrogens is 3. The average molecular weight is 405 g/mol. The van der Waals surface area contributed by atoms with E-state index in [0.717, 1.165) is 43.6 Å². The number of benzene rings is 2. The van der Waals surface area contributed by atoms with Gasteiger partial charge in [-0.05, 0) is 29.5 Å². The van der Waals surface area contributed by atoms with E-state index in [-0.39, 0.29) is 12.1 Å². The number of carbonyl (C=O) groups excluding carboxylic acids is 1. The van der Waals surface area contributed by atoms with Crippen molar-refractivity contribution in [3.8, 4) is 0 Å². The summed E-state index contributed by atoms with van der Waals surface area (Å²) in [5, 5.41) is 10.2. The molecule has 1 aliphatic heterocycles. The highest BCUT2D eigenvalue weighted by Gasteiger charge is 2.20. The fourth-order valence-electron chi connectivity index (χ4n) is 3.76. The zero-order chi connectivity index (χ0) is 20.6. The highest BCUT2D eigenvalue weighted by molar-refractivity contribution is 5.74. The predicted octanol–water partition coefficient (Wildman–Crippen LogP) is 2.79. The molecular formula is C23H28N6O. The number of piperidine rings is 1. The molecule has 30 heavy (non-hydrogen) atoms. The Bertz CT molecular complexity index is 903. The lowest BCUT2D eigenvalue weighted by Crippen LogP contribution is -2.47. The molecule has 0 bridgehead atoms. The summed E-state index contributed by atoms with van der Waals surface area (Å²) in [5.74, 6) is 0. The molecule has 4 rings (SSSR count). The molecule has 0 radical (unpaired) electrons. The topological polar surface area (TPSA) is 75.1 Å². The second-order valence-corrected chi connectivity index (χ2v) is 7.77. The number of urea groups is 1. The van der Waals surface area contributed by atoms with Gasteiger partial charge in [-0.25, -0.2) is 14.5 Å². The molecule has 1 saturated heterocycles. The normalized spacial score (nSPS) is 15.1. The van der Waals surface area contributed by atoms with Crippen LogP contribution in [0.5, 0.6) is 0 Å². The van der Waals surface area contributed by atoms with Crippen molar-refractivity contribution in [3.05, 3.63) is 83.9 Å². The molecule has 1 aromatic heterocycles. The van der Waals surface area contributed by atoms with Crippen LogP contribution in [0.1, 0.15) is 29.5 Å². The molecule has 0 saturated carbocycles. The highest BCUT2D eigenvalue weighted by Crippen LogP contribution is 2.14. The Morgan fingerprint density at radius 2 is 1.63 bits per heavy atom. The minimum absolute atomic E-state index is 0.0943. The summed E-state index contributed by atoms with van der Waals surface area (Å²) >= 11 is 0. The Balaban J connectivity index is 1.15. The van der Waals surface area contributed by atoms with Gasteiger partial charge in [-0.2, -0.15) is 5.10 Å². The highest BCUT2D eigenvalue weighted by atomic mass is 16.2. The Morgan fingerprint density at radius 3 is 2.33 bits per heavy atom. The first kappa shape index (κ1) is 20.1. The lowest BCUT2D eigenvalue weighted by atomic mass is 10.0. The van der Waals surface area contributed by atoms with Gasteiger partial charge in [-0.1, -0.05) is 54.6 Å². The molecular weight excluding hydrogens is 376 g/mol. The number of nitrogens with zero attached hydrogens (tertiary/aromatic N) is 4. The molecule has 1 aliphatic rings. The van der Waals surface area contributed by atoms with Gasteiger partial charge < -0.3 is 10.6 Å². The van der Waals surface area contributed by atoms with Gasteiger partial charge in [0.05, 0.1) is 6.54 Å². The smallest absolute Gasteiger partial charge is 0.315 e. The lowest BCUT2D eigenvalue weighted by Gasteiger charge is -2.32. The van der Waals surface area contributed by atoms with Gasteiger partial charge in [0, 0.05) is 32.2 Å².